The van der Waals surface area contributed by atoms with E-state index in [0.29, 0.717) is 31.6 Å². The van der Waals surface area contributed by atoms with Crippen molar-refractivity contribution >= 4 is 11.9 Å². The molecule has 0 rings (SSSR count). The van der Waals surface area contributed by atoms with Gasteiger partial charge in [-0.2, -0.15) is 0 Å². The van der Waals surface area contributed by atoms with Gasteiger partial charge < -0.3 is 15.2 Å². The van der Waals surface area contributed by atoms with Crippen molar-refractivity contribution in [2.75, 3.05) is 13.2 Å². The van der Waals surface area contributed by atoms with Crippen LogP contribution in [0.5, 0.6) is 0 Å². The number of carbonyl (C=O) groups excluding carboxylic acids is 1. The van der Waals surface area contributed by atoms with Gasteiger partial charge in [-0.15, -0.1) is 0 Å². The highest BCUT2D eigenvalue weighted by Crippen LogP contribution is 2.31. The number of carbonyl (C=O) groups is 2. The first kappa shape index (κ1) is 20.6. The van der Waals surface area contributed by atoms with Crippen LogP contribution in [0.2, 0.25) is 0 Å². The Kier molecular flexibility index (Phi) is 9.02. The Hall–Kier alpha value is -1.36. The molecule has 2 atom stereocenters. The van der Waals surface area contributed by atoms with Crippen molar-refractivity contribution in [2.45, 2.75) is 60.0 Å². The third-order valence-corrected chi connectivity index (χ3v) is 3.65. The van der Waals surface area contributed by atoms with Gasteiger partial charge >= 0.3 is 5.97 Å². The molecule has 0 aromatic heterocycles. The number of carboxylic acid groups (broad SMARTS) is 1. The zero-order valence-electron chi connectivity index (χ0n) is 14.6. The Balaban J connectivity index is 4.19. The van der Waals surface area contributed by atoms with Crippen LogP contribution in [0.25, 0.3) is 0 Å². The van der Waals surface area contributed by atoms with Crippen molar-refractivity contribution in [1.29, 1.82) is 0 Å². The van der Waals surface area contributed by atoms with Crippen LogP contribution >= 0.6 is 0 Å². The molecule has 0 fully saturated rings. The molecular weight excluding hydrogens is 282 g/mol. The number of carboxylic acids is 1. The van der Waals surface area contributed by atoms with Crippen LogP contribution in [0.3, 0.4) is 0 Å². The summed E-state index contributed by atoms with van der Waals surface area (Å²) < 4.78 is 5.77. The number of aliphatic carboxylic acids is 1. The van der Waals surface area contributed by atoms with Crippen LogP contribution in [-0.2, 0) is 14.3 Å². The molecule has 1 amide bonds. The molecule has 0 aliphatic rings. The van der Waals surface area contributed by atoms with Gasteiger partial charge in [-0.05, 0) is 31.6 Å². The standard InChI is InChI=1S/C17H31NO4/c1-7-13(11-14(16(20)21)17(4,5)6)22-10-8-9-18-15(19)12(2)3/h13-14H,2,7-11H2,1,3-6H3,(H,18,19)(H,20,21). The van der Waals surface area contributed by atoms with Crippen molar-refractivity contribution in [3.8, 4) is 0 Å². The molecule has 2 N–H and O–H groups in total. The minimum absolute atomic E-state index is 0.0721. The Bertz CT molecular complexity index is 385. The summed E-state index contributed by atoms with van der Waals surface area (Å²) >= 11 is 0. The lowest BCUT2D eigenvalue weighted by Crippen LogP contribution is -2.33. The number of hydrogen-bond donors (Lipinski definition) is 2. The van der Waals surface area contributed by atoms with Crippen LogP contribution in [0, 0.1) is 11.3 Å². The van der Waals surface area contributed by atoms with Gasteiger partial charge in [-0.3, -0.25) is 9.59 Å². The highest BCUT2D eigenvalue weighted by Gasteiger charge is 2.33. The summed E-state index contributed by atoms with van der Waals surface area (Å²) in [5.41, 5.74) is 0.194. The predicted octanol–water partition coefficient (Wildman–Crippen LogP) is 3.00. The highest BCUT2D eigenvalue weighted by molar-refractivity contribution is 5.91. The van der Waals surface area contributed by atoms with Crippen molar-refractivity contribution in [2.24, 2.45) is 11.3 Å². The molecule has 5 nitrogen and oxygen atoms in total. The van der Waals surface area contributed by atoms with Gasteiger partial charge in [0.25, 0.3) is 0 Å². The molecule has 0 radical (unpaired) electrons. The average molecular weight is 313 g/mol. The van der Waals surface area contributed by atoms with Crippen LogP contribution in [-0.4, -0.2) is 36.2 Å². The van der Waals surface area contributed by atoms with Crippen LogP contribution < -0.4 is 5.32 Å². The average Bonchev–Trinajstić information content (AvgIpc) is 2.39. The third-order valence-electron chi connectivity index (χ3n) is 3.65. The molecule has 0 bridgehead atoms. The first-order valence-corrected chi connectivity index (χ1v) is 7.87. The van der Waals surface area contributed by atoms with E-state index in [-0.39, 0.29) is 17.4 Å². The Morgan fingerprint density at radius 1 is 1.32 bits per heavy atom. The van der Waals surface area contributed by atoms with Gasteiger partial charge in [0, 0.05) is 18.7 Å². The summed E-state index contributed by atoms with van der Waals surface area (Å²) in [5, 5.41) is 12.1. The maximum atomic E-state index is 11.4. The molecule has 2 unspecified atom stereocenters. The molecule has 0 spiro atoms. The molecule has 0 aliphatic heterocycles. The lowest BCUT2D eigenvalue weighted by molar-refractivity contribution is -0.147. The largest absolute Gasteiger partial charge is 0.481 e. The SMILES string of the molecule is C=C(C)C(=O)NCCCOC(CC)CC(C(=O)O)C(C)(C)C. The summed E-state index contributed by atoms with van der Waals surface area (Å²) in [5.74, 6) is -1.35. The number of nitrogens with one attached hydrogen (secondary N) is 1. The molecule has 0 heterocycles. The van der Waals surface area contributed by atoms with E-state index in [1.165, 1.54) is 0 Å². The van der Waals surface area contributed by atoms with Crippen LogP contribution in [0.1, 0.15) is 53.9 Å². The maximum absolute atomic E-state index is 11.4. The minimum atomic E-state index is -0.775. The molecular formula is C17H31NO4. The topological polar surface area (TPSA) is 75.6 Å². The smallest absolute Gasteiger partial charge is 0.307 e. The summed E-state index contributed by atoms with van der Waals surface area (Å²) in [6.07, 6.45) is 1.91. The molecule has 5 heteroatoms. The molecule has 22 heavy (non-hydrogen) atoms. The second kappa shape index (κ2) is 9.62. The lowest BCUT2D eigenvalue weighted by Gasteiger charge is -2.30. The summed E-state index contributed by atoms with van der Waals surface area (Å²) in [6, 6.07) is 0. The number of rotatable bonds is 10. The van der Waals surface area contributed by atoms with E-state index in [1.807, 2.05) is 27.7 Å². The Morgan fingerprint density at radius 2 is 1.91 bits per heavy atom. The molecule has 128 valence electrons. The van der Waals surface area contributed by atoms with E-state index >= 15 is 0 Å². The van der Waals surface area contributed by atoms with Gasteiger partial charge in [0.2, 0.25) is 5.91 Å². The molecule has 0 aromatic carbocycles. The molecule has 0 saturated carbocycles. The highest BCUT2D eigenvalue weighted by atomic mass is 16.5. The van der Waals surface area contributed by atoms with Crippen molar-refractivity contribution in [1.82, 2.24) is 5.32 Å². The fourth-order valence-corrected chi connectivity index (χ4v) is 2.12. The van der Waals surface area contributed by atoms with Crippen LogP contribution in [0.15, 0.2) is 12.2 Å². The Morgan fingerprint density at radius 3 is 2.32 bits per heavy atom. The van der Waals surface area contributed by atoms with Gasteiger partial charge in [0.15, 0.2) is 0 Å². The van der Waals surface area contributed by atoms with Gasteiger partial charge in [-0.1, -0.05) is 34.3 Å². The fraction of sp³-hybridized carbons (Fsp3) is 0.765. The van der Waals surface area contributed by atoms with Gasteiger partial charge in [0.05, 0.1) is 12.0 Å². The first-order chi connectivity index (χ1) is 10.1. The van der Waals surface area contributed by atoms with E-state index in [0.717, 1.165) is 6.42 Å². The predicted molar refractivity (Wildman–Crippen MR) is 87.7 cm³/mol. The fourth-order valence-electron chi connectivity index (χ4n) is 2.12. The Labute approximate surface area is 134 Å². The van der Waals surface area contributed by atoms with E-state index < -0.39 is 11.9 Å². The number of ether oxygens (including phenoxy) is 1. The van der Waals surface area contributed by atoms with Gasteiger partial charge in [-0.25, -0.2) is 0 Å². The van der Waals surface area contributed by atoms with Crippen molar-refractivity contribution < 1.29 is 19.4 Å². The second-order valence-corrected chi connectivity index (χ2v) is 6.78. The first-order valence-electron chi connectivity index (χ1n) is 7.87. The van der Waals surface area contributed by atoms with E-state index in [1.54, 1.807) is 6.92 Å². The molecule has 0 aliphatic carbocycles. The zero-order valence-corrected chi connectivity index (χ0v) is 14.6. The van der Waals surface area contributed by atoms with Crippen molar-refractivity contribution in [3.63, 3.8) is 0 Å². The summed E-state index contributed by atoms with van der Waals surface area (Å²) in [7, 11) is 0. The monoisotopic (exact) mass is 313 g/mol. The third kappa shape index (κ3) is 8.17. The second-order valence-electron chi connectivity index (χ2n) is 6.78. The van der Waals surface area contributed by atoms with E-state index in [2.05, 4.69) is 11.9 Å². The molecule has 0 aromatic rings. The van der Waals surface area contributed by atoms with Crippen molar-refractivity contribution in [3.05, 3.63) is 12.2 Å². The van der Waals surface area contributed by atoms with E-state index in [4.69, 9.17) is 4.74 Å². The maximum Gasteiger partial charge on any atom is 0.307 e. The number of amides is 1. The summed E-state index contributed by atoms with van der Waals surface area (Å²) in [6.45, 7) is 14.1. The molecule has 0 saturated heterocycles. The zero-order chi connectivity index (χ0) is 17.3. The normalized spacial score (nSPS) is 14.2. The number of hydrogen-bond acceptors (Lipinski definition) is 3. The van der Waals surface area contributed by atoms with E-state index in [9.17, 15) is 14.7 Å². The lowest BCUT2D eigenvalue weighted by atomic mass is 9.77. The quantitative estimate of drug-likeness (QED) is 0.480. The van der Waals surface area contributed by atoms with Gasteiger partial charge in [0.1, 0.15) is 0 Å². The summed E-state index contributed by atoms with van der Waals surface area (Å²) in [4.78, 5) is 22.7. The van der Waals surface area contributed by atoms with Crippen LogP contribution in [0.4, 0.5) is 0 Å². The minimum Gasteiger partial charge on any atom is -0.481 e.